The number of hydrogen-bond donors (Lipinski definition) is 1. The summed E-state index contributed by atoms with van der Waals surface area (Å²) in [5.41, 5.74) is -0.489. The Morgan fingerprint density at radius 3 is 0.933 bits per heavy atom. The third kappa shape index (κ3) is 29.3. The Hall–Kier alpha value is -0.530. The van der Waals surface area contributed by atoms with Crippen molar-refractivity contribution < 1.29 is 9.90 Å². The van der Waals surface area contributed by atoms with Crippen LogP contribution in [0, 0.1) is 11.3 Å². The molecule has 0 aliphatic heterocycles. The first-order valence-corrected chi connectivity index (χ1v) is 21.3. The van der Waals surface area contributed by atoms with Crippen molar-refractivity contribution in [3.63, 3.8) is 0 Å². The van der Waals surface area contributed by atoms with E-state index in [1.165, 1.54) is 199 Å². The molecule has 2 nitrogen and oxygen atoms in total. The second-order valence-electron chi connectivity index (χ2n) is 15.4. The lowest BCUT2D eigenvalue weighted by atomic mass is 9.71. The van der Waals surface area contributed by atoms with E-state index in [-0.39, 0.29) is 0 Å². The Bertz CT molecular complexity index is 586. The van der Waals surface area contributed by atoms with Gasteiger partial charge in [-0.3, -0.25) is 4.79 Å². The van der Waals surface area contributed by atoms with Crippen molar-refractivity contribution in [1.82, 2.24) is 0 Å². The van der Waals surface area contributed by atoms with Gasteiger partial charge in [-0.05, 0) is 25.2 Å². The van der Waals surface area contributed by atoms with Gasteiger partial charge in [0.25, 0.3) is 0 Å². The molecule has 2 heteroatoms. The van der Waals surface area contributed by atoms with Gasteiger partial charge < -0.3 is 5.11 Å². The molecule has 0 aromatic carbocycles. The van der Waals surface area contributed by atoms with Crippen LogP contribution in [0.3, 0.4) is 0 Å². The van der Waals surface area contributed by atoms with Crippen molar-refractivity contribution in [3.05, 3.63) is 0 Å². The number of carboxylic acids is 1. The van der Waals surface area contributed by atoms with Gasteiger partial charge in [-0.2, -0.15) is 0 Å². The van der Waals surface area contributed by atoms with Crippen molar-refractivity contribution in [2.75, 3.05) is 0 Å². The number of carboxylic acid groups (broad SMARTS) is 1. The van der Waals surface area contributed by atoms with E-state index < -0.39 is 11.4 Å². The highest BCUT2D eigenvalue weighted by molar-refractivity contribution is 5.74. The molecule has 0 fully saturated rings. The molecule has 0 aromatic heterocycles. The summed E-state index contributed by atoms with van der Waals surface area (Å²) in [5.74, 6) is 0.0332. The zero-order chi connectivity index (χ0) is 33.1. The van der Waals surface area contributed by atoms with Gasteiger partial charge in [0, 0.05) is 0 Å². The number of unbranched alkanes of at least 4 members (excludes halogenated alkanes) is 29. The molecule has 2 unspecified atom stereocenters. The molecule has 45 heavy (non-hydrogen) atoms. The van der Waals surface area contributed by atoms with E-state index in [0.717, 1.165) is 32.1 Å². The highest BCUT2D eigenvalue weighted by atomic mass is 16.4. The van der Waals surface area contributed by atoms with Gasteiger partial charge in [0.05, 0.1) is 5.41 Å². The summed E-state index contributed by atoms with van der Waals surface area (Å²) in [5, 5.41) is 10.6. The summed E-state index contributed by atoms with van der Waals surface area (Å²) < 4.78 is 0. The molecule has 0 bridgehead atoms. The summed E-state index contributed by atoms with van der Waals surface area (Å²) in [6, 6.07) is 0. The predicted molar refractivity (Wildman–Crippen MR) is 202 cm³/mol. The largest absolute Gasteiger partial charge is 0.481 e. The van der Waals surface area contributed by atoms with Crippen LogP contribution in [0.15, 0.2) is 0 Å². The molecule has 0 aromatic rings. The van der Waals surface area contributed by atoms with Gasteiger partial charge in [0.1, 0.15) is 0 Å². The van der Waals surface area contributed by atoms with Crippen LogP contribution in [-0.2, 0) is 4.79 Å². The molecule has 0 spiro atoms. The lowest BCUT2D eigenvalue weighted by Crippen LogP contribution is -2.33. The molecule has 0 heterocycles. The SMILES string of the molecule is CCCCCCCCCCCCCCCCC(CCCCCCCCCC)(CC(C)CCCCCCCCCCCC)C(=O)O. The zero-order valence-electron chi connectivity index (χ0n) is 31.9. The topological polar surface area (TPSA) is 37.3 Å². The molecule has 0 saturated carbocycles. The highest BCUT2D eigenvalue weighted by Gasteiger charge is 2.38. The first-order valence-electron chi connectivity index (χ1n) is 21.3. The molecule has 0 radical (unpaired) electrons. The summed E-state index contributed by atoms with van der Waals surface area (Å²) in [6.07, 6.45) is 47.0. The van der Waals surface area contributed by atoms with Crippen molar-refractivity contribution >= 4 is 5.97 Å². The van der Waals surface area contributed by atoms with E-state index in [9.17, 15) is 9.90 Å². The summed E-state index contributed by atoms with van der Waals surface area (Å²) in [4.78, 5) is 12.9. The van der Waals surface area contributed by atoms with Crippen molar-refractivity contribution in [3.8, 4) is 0 Å². The molecular weight excluding hydrogens is 548 g/mol. The van der Waals surface area contributed by atoms with Crippen LogP contribution >= 0.6 is 0 Å². The molecule has 270 valence electrons. The molecule has 2 atom stereocenters. The van der Waals surface area contributed by atoms with Crippen LogP contribution in [0.2, 0.25) is 0 Å². The van der Waals surface area contributed by atoms with Gasteiger partial charge in [-0.15, -0.1) is 0 Å². The van der Waals surface area contributed by atoms with E-state index in [1.54, 1.807) is 0 Å². The quantitative estimate of drug-likeness (QED) is 0.0686. The normalized spacial score (nSPS) is 13.7. The highest BCUT2D eigenvalue weighted by Crippen LogP contribution is 2.40. The van der Waals surface area contributed by atoms with Crippen molar-refractivity contribution in [1.29, 1.82) is 0 Å². The second-order valence-corrected chi connectivity index (χ2v) is 15.4. The minimum Gasteiger partial charge on any atom is -0.481 e. The fraction of sp³-hybridized carbons (Fsp3) is 0.977. The van der Waals surface area contributed by atoms with Crippen LogP contribution in [-0.4, -0.2) is 11.1 Å². The third-order valence-electron chi connectivity index (χ3n) is 10.8. The van der Waals surface area contributed by atoms with Gasteiger partial charge in [-0.25, -0.2) is 0 Å². The van der Waals surface area contributed by atoms with Crippen LogP contribution < -0.4 is 0 Å². The summed E-state index contributed by atoms with van der Waals surface area (Å²) in [6.45, 7) is 9.21. The van der Waals surface area contributed by atoms with Crippen molar-refractivity contribution in [2.24, 2.45) is 11.3 Å². The Morgan fingerprint density at radius 1 is 0.422 bits per heavy atom. The fourth-order valence-electron chi connectivity index (χ4n) is 7.63. The number of carbonyl (C=O) groups is 1. The van der Waals surface area contributed by atoms with E-state index in [0.29, 0.717) is 5.92 Å². The van der Waals surface area contributed by atoms with E-state index in [2.05, 4.69) is 27.7 Å². The maximum Gasteiger partial charge on any atom is 0.309 e. The lowest BCUT2D eigenvalue weighted by Gasteiger charge is -2.32. The first kappa shape index (κ1) is 44.5. The Kier molecular flexibility index (Phi) is 34.4. The van der Waals surface area contributed by atoms with E-state index in [1.807, 2.05) is 0 Å². The molecule has 1 N–H and O–H groups in total. The van der Waals surface area contributed by atoms with Crippen molar-refractivity contribution in [2.45, 2.75) is 259 Å². The smallest absolute Gasteiger partial charge is 0.309 e. The zero-order valence-corrected chi connectivity index (χ0v) is 31.9. The van der Waals surface area contributed by atoms with Gasteiger partial charge in [0.15, 0.2) is 0 Å². The molecule has 0 aliphatic carbocycles. The van der Waals surface area contributed by atoms with E-state index in [4.69, 9.17) is 0 Å². The third-order valence-corrected chi connectivity index (χ3v) is 10.8. The van der Waals surface area contributed by atoms with Gasteiger partial charge >= 0.3 is 5.97 Å². The summed E-state index contributed by atoms with van der Waals surface area (Å²) >= 11 is 0. The molecule has 0 aliphatic rings. The monoisotopic (exact) mass is 635 g/mol. The van der Waals surface area contributed by atoms with Crippen LogP contribution in [0.1, 0.15) is 259 Å². The number of rotatable bonds is 38. The molecular formula is C43H86O2. The summed E-state index contributed by atoms with van der Waals surface area (Å²) in [7, 11) is 0. The average molecular weight is 635 g/mol. The Balaban J connectivity index is 4.45. The average Bonchev–Trinajstić information content (AvgIpc) is 3.03. The maximum absolute atomic E-state index is 12.9. The molecule has 0 amide bonds. The van der Waals surface area contributed by atoms with Crippen LogP contribution in [0.25, 0.3) is 0 Å². The molecule has 0 saturated heterocycles. The standard InChI is InChI=1S/C43H86O2/c1-5-8-11-14-17-20-22-23-24-25-27-30-33-36-39-43(42(44)45,38-35-32-29-19-16-13-10-7-3)40-41(4)37-34-31-28-26-21-18-15-12-9-6-2/h41H,5-40H2,1-4H3,(H,44,45). The molecule has 0 rings (SSSR count). The number of hydrogen-bond acceptors (Lipinski definition) is 1. The second kappa shape index (κ2) is 34.8. The Morgan fingerprint density at radius 2 is 0.667 bits per heavy atom. The van der Waals surface area contributed by atoms with Gasteiger partial charge in [0.2, 0.25) is 0 Å². The van der Waals surface area contributed by atoms with Gasteiger partial charge in [-0.1, -0.05) is 240 Å². The minimum absolute atomic E-state index is 0.489. The first-order chi connectivity index (χ1) is 22.0. The minimum atomic E-state index is -0.491. The predicted octanol–water partition coefficient (Wildman–Crippen LogP) is 15.8. The maximum atomic E-state index is 12.9. The Labute approximate surface area is 285 Å². The van der Waals surface area contributed by atoms with Crippen LogP contribution in [0.4, 0.5) is 0 Å². The lowest BCUT2D eigenvalue weighted by molar-refractivity contribution is -0.151. The number of aliphatic carboxylic acids is 1. The van der Waals surface area contributed by atoms with E-state index >= 15 is 0 Å². The van der Waals surface area contributed by atoms with Crippen LogP contribution in [0.5, 0.6) is 0 Å². The fourth-order valence-corrected chi connectivity index (χ4v) is 7.63.